The molecular weight excluding hydrogens is 212 g/mol. The van der Waals surface area contributed by atoms with Crippen molar-refractivity contribution in [2.24, 2.45) is 13.0 Å². The predicted molar refractivity (Wildman–Crippen MR) is 71.4 cm³/mol. The Balaban J connectivity index is 2.17. The molecule has 1 aromatic rings. The van der Waals surface area contributed by atoms with E-state index in [0.29, 0.717) is 5.92 Å². The minimum Gasteiger partial charge on any atom is -0.368 e. The Morgan fingerprint density at radius 2 is 2.35 bits per heavy atom. The van der Waals surface area contributed by atoms with E-state index in [2.05, 4.69) is 35.4 Å². The molecule has 2 heterocycles. The summed E-state index contributed by atoms with van der Waals surface area (Å²) in [4.78, 5) is 2.51. The van der Waals surface area contributed by atoms with E-state index in [-0.39, 0.29) is 0 Å². The van der Waals surface area contributed by atoms with Gasteiger partial charge in [0.25, 0.3) is 0 Å². The first-order valence-corrected chi connectivity index (χ1v) is 6.69. The number of hydrogen-bond acceptors (Lipinski definition) is 3. The molecule has 0 bridgehead atoms. The highest BCUT2D eigenvalue weighted by molar-refractivity contribution is 5.49. The molecule has 0 amide bonds. The van der Waals surface area contributed by atoms with E-state index in [1.165, 1.54) is 17.8 Å². The first kappa shape index (κ1) is 12.4. The van der Waals surface area contributed by atoms with E-state index in [1.54, 1.807) is 0 Å². The molecular formula is C13H24N4. The van der Waals surface area contributed by atoms with Gasteiger partial charge in [-0.05, 0) is 31.8 Å². The fraction of sp³-hybridized carbons (Fsp3) is 0.769. The second-order valence-electron chi connectivity index (χ2n) is 5.10. The zero-order valence-electron chi connectivity index (χ0n) is 11.2. The van der Waals surface area contributed by atoms with Crippen molar-refractivity contribution >= 4 is 5.69 Å². The number of anilines is 1. The lowest BCUT2D eigenvalue weighted by molar-refractivity contribution is 0.467. The Labute approximate surface area is 104 Å². The van der Waals surface area contributed by atoms with Crippen LogP contribution in [0.1, 0.15) is 26.0 Å². The maximum Gasteiger partial charge on any atom is 0.0855 e. The first-order chi connectivity index (χ1) is 8.20. The lowest BCUT2D eigenvalue weighted by Gasteiger charge is -2.30. The van der Waals surface area contributed by atoms with Crippen molar-refractivity contribution in [2.75, 3.05) is 31.1 Å². The van der Waals surface area contributed by atoms with Crippen LogP contribution < -0.4 is 10.2 Å². The molecule has 1 saturated heterocycles. The average molecular weight is 236 g/mol. The van der Waals surface area contributed by atoms with Gasteiger partial charge in [-0.2, -0.15) is 5.10 Å². The van der Waals surface area contributed by atoms with Gasteiger partial charge in [-0.15, -0.1) is 0 Å². The van der Waals surface area contributed by atoms with Crippen molar-refractivity contribution in [1.82, 2.24) is 15.1 Å². The van der Waals surface area contributed by atoms with Crippen LogP contribution in [0.3, 0.4) is 0 Å². The van der Waals surface area contributed by atoms with E-state index in [0.717, 1.165) is 32.6 Å². The Morgan fingerprint density at radius 3 is 3.12 bits per heavy atom. The normalized spacial score (nSPS) is 22.3. The quantitative estimate of drug-likeness (QED) is 0.843. The van der Waals surface area contributed by atoms with Crippen LogP contribution in [0.15, 0.2) is 6.20 Å². The summed E-state index contributed by atoms with van der Waals surface area (Å²) in [5, 5.41) is 8.04. The number of rotatable bonds is 2. The molecule has 1 aliphatic heterocycles. The van der Waals surface area contributed by atoms with E-state index in [1.807, 2.05) is 11.7 Å². The zero-order chi connectivity index (χ0) is 12.3. The molecule has 96 valence electrons. The van der Waals surface area contributed by atoms with Gasteiger partial charge in [0.15, 0.2) is 0 Å². The fourth-order valence-corrected chi connectivity index (χ4v) is 2.53. The Morgan fingerprint density at radius 1 is 1.53 bits per heavy atom. The summed E-state index contributed by atoms with van der Waals surface area (Å²) in [6.45, 7) is 9.01. The Hall–Kier alpha value is -1.03. The van der Waals surface area contributed by atoms with Crippen LogP contribution in [0.25, 0.3) is 0 Å². The molecule has 1 aromatic heterocycles. The molecule has 1 aliphatic rings. The van der Waals surface area contributed by atoms with Gasteiger partial charge in [0.1, 0.15) is 0 Å². The van der Waals surface area contributed by atoms with E-state index in [4.69, 9.17) is 0 Å². The topological polar surface area (TPSA) is 33.1 Å². The molecule has 0 aromatic carbocycles. The van der Waals surface area contributed by atoms with Gasteiger partial charge in [-0.25, -0.2) is 0 Å². The number of nitrogens with one attached hydrogen (secondary N) is 1. The molecule has 2 rings (SSSR count). The van der Waals surface area contributed by atoms with Crippen LogP contribution >= 0.6 is 0 Å². The summed E-state index contributed by atoms with van der Waals surface area (Å²) in [5.74, 6) is 0.695. The highest BCUT2D eigenvalue weighted by Crippen LogP contribution is 2.21. The van der Waals surface area contributed by atoms with Crippen LogP contribution in [0.5, 0.6) is 0 Å². The van der Waals surface area contributed by atoms with Gasteiger partial charge < -0.3 is 10.2 Å². The number of aromatic nitrogens is 2. The van der Waals surface area contributed by atoms with Crippen molar-refractivity contribution < 1.29 is 0 Å². The summed E-state index contributed by atoms with van der Waals surface area (Å²) in [6, 6.07) is 0. The van der Waals surface area contributed by atoms with Crippen molar-refractivity contribution in [2.45, 2.75) is 26.7 Å². The first-order valence-electron chi connectivity index (χ1n) is 6.69. The zero-order valence-corrected chi connectivity index (χ0v) is 11.2. The van der Waals surface area contributed by atoms with Crippen molar-refractivity contribution in [3.63, 3.8) is 0 Å². The molecule has 0 aliphatic carbocycles. The SMILES string of the molecule is CCc1nn(C)cc1N1CCCNCC(C)C1. The average Bonchev–Trinajstić information content (AvgIpc) is 2.64. The van der Waals surface area contributed by atoms with Crippen LogP contribution in [0.4, 0.5) is 5.69 Å². The molecule has 1 unspecified atom stereocenters. The molecule has 4 heteroatoms. The largest absolute Gasteiger partial charge is 0.368 e. The molecule has 1 atom stereocenters. The Bertz CT molecular complexity index is 358. The summed E-state index contributed by atoms with van der Waals surface area (Å²) >= 11 is 0. The molecule has 17 heavy (non-hydrogen) atoms. The Kier molecular flexibility index (Phi) is 4.05. The number of aryl methyl sites for hydroxylation is 2. The second kappa shape index (κ2) is 5.54. The molecule has 1 N–H and O–H groups in total. The van der Waals surface area contributed by atoms with E-state index < -0.39 is 0 Å². The molecule has 0 saturated carbocycles. The third-order valence-corrected chi connectivity index (χ3v) is 3.37. The standard InChI is InChI=1S/C13H24N4/c1-4-12-13(10-16(3)15-12)17-7-5-6-14-8-11(2)9-17/h10-11,14H,4-9H2,1-3H3. The molecule has 1 fully saturated rings. The maximum absolute atomic E-state index is 4.54. The third-order valence-electron chi connectivity index (χ3n) is 3.37. The minimum atomic E-state index is 0.695. The minimum absolute atomic E-state index is 0.695. The number of nitrogens with zero attached hydrogens (tertiary/aromatic N) is 3. The van der Waals surface area contributed by atoms with Gasteiger partial charge in [-0.1, -0.05) is 13.8 Å². The van der Waals surface area contributed by atoms with Crippen molar-refractivity contribution in [3.05, 3.63) is 11.9 Å². The molecule has 0 radical (unpaired) electrons. The maximum atomic E-state index is 4.54. The number of hydrogen-bond donors (Lipinski definition) is 1. The van der Waals surface area contributed by atoms with Crippen LogP contribution in [0, 0.1) is 5.92 Å². The molecule has 4 nitrogen and oxygen atoms in total. The van der Waals surface area contributed by atoms with Crippen LogP contribution in [-0.4, -0.2) is 36.0 Å². The van der Waals surface area contributed by atoms with Crippen LogP contribution in [0.2, 0.25) is 0 Å². The van der Waals surface area contributed by atoms with Gasteiger partial charge in [0, 0.05) is 26.3 Å². The third kappa shape index (κ3) is 3.00. The smallest absolute Gasteiger partial charge is 0.0855 e. The van der Waals surface area contributed by atoms with Crippen molar-refractivity contribution in [1.29, 1.82) is 0 Å². The second-order valence-corrected chi connectivity index (χ2v) is 5.10. The fourth-order valence-electron chi connectivity index (χ4n) is 2.53. The highest BCUT2D eigenvalue weighted by Gasteiger charge is 2.17. The van der Waals surface area contributed by atoms with Gasteiger partial charge in [0.05, 0.1) is 11.4 Å². The lowest BCUT2D eigenvalue weighted by Crippen LogP contribution is -2.39. The summed E-state index contributed by atoms with van der Waals surface area (Å²) in [6.07, 6.45) is 4.39. The van der Waals surface area contributed by atoms with E-state index in [9.17, 15) is 0 Å². The summed E-state index contributed by atoms with van der Waals surface area (Å²) in [7, 11) is 2.01. The van der Waals surface area contributed by atoms with Gasteiger partial charge in [0.2, 0.25) is 0 Å². The highest BCUT2D eigenvalue weighted by atomic mass is 15.3. The lowest BCUT2D eigenvalue weighted by atomic mass is 10.1. The van der Waals surface area contributed by atoms with Gasteiger partial charge >= 0.3 is 0 Å². The monoisotopic (exact) mass is 236 g/mol. The summed E-state index contributed by atoms with van der Waals surface area (Å²) < 4.78 is 1.94. The van der Waals surface area contributed by atoms with E-state index >= 15 is 0 Å². The molecule has 0 spiro atoms. The predicted octanol–water partition coefficient (Wildman–Crippen LogP) is 1.42. The van der Waals surface area contributed by atoms with Crippen molar-refractivity contribution in [3.8, 4) is 0 Å². The van der Waals surface area contributed by atoms with Gasteiger partial charge in [-0.3, -0.25) is 4.68 Å². The summed E-state index contributed by atoms with van der Waals surface area (Å²) in [5.41, 5.74) is 2.57. The van der Waals surface area contributed by atoms with Crippen LogP contribution in [-0.2, 0) is 13.5 Å².